The second kappa shape index (κ2) is 10.9. The van der Waals surface area contributed by atoms with E-state index in [1.165, 1.54) is 5.56 Å². The van der Waals surface area contributed by atoms with Crippen LogP contribution < -0.4 is 15.1 Å². The van der Waals surface area contributed by atoms with Gasteiger partial charge in [-0.2, -0.15) is 0 Å². The average Bonchev–Trinajstić information content (AvgIpc) is 3.60. The van der Waals surface area contributed by atoms with E-state index in [1.54, 1.807) is 23.2 Å². The number of likely N-dealkylation sites (tertiary alicyclic amines) is 1. The molecule has 1 atom stereocenters. The number of anilines is 2. The largest absolute Gasteiger partial charge is 0.359 e. The zero-order valence-corrected chi connectivity index (χ0v) is 22.5. The summed E-state index contributed by atoms with van der Waals surface area (Å²) >= 11 is 0. The molecule has 0 spiro atoms. The van der Waals surface area contributed by atoms with E-state index < -0.39 is 0 Å². The number of hydrogen-bond donors (Lipinski definition) is 1. The zero-order chi connectivity index (χ0) is 26.8. The lowest BCUT2D eigenvalue weighted by Crippen LogP contribution is -2.40. The van der Waals surface area contributed by atoms with Crippen molar-refractivity contribution in [1.29, 1.82) is 0 Å². The molecule has 4 heterocycles. The standard InChI is InChI=1S/C28H36N8O2/c1-19(2)36-18-30-32-26(36)24-6-5-7-25(31-24)35-17-16-34(28(35)38)23-10-8-21(9-11-23)20(3)33-14-12-22(13-15-33)27(37)29-4/h5-11,18-20,22H,12-17H2,1-4H3,(H,29,37). The van der Waals surface area contributed by atoms with Crippen molar-refractivity contribution in [2.45, 2.75) is 45.7 Å². The number of carbonyl (C=O) groups excluding carboxylic acids is 2. The van der Waals surface area contributed by atoms with Crippen LogP contribution in [0.5, 0.6) is 0 Å². The molecule has 0 saturated carbocycles. The van der Waals surface area contributed by atoms with Gasteiger partial charge in [-0.05, 0) is 76.5 Å². The fraction of sp³-hybridized carbons (Fsp3) is 0.464. The van der Waals surface area contributed by atoms with E-state index in [4.69, 9.17) is 4.98 Å². The van der Waals surface area contributed by atoms with E-state index in [0.29, 0.717) is 30.4 Å². The molecule has 2 aromatic heterocycles. The fourth-order valence-electron chi connectivity index (χ4n) is 5.39. The molecule has 10 nitrogen and oxygen atoms in total. The first kappa shape index (κ1) is 25.8. The monoisotopic (exact) mass is 516 g/mol. The molecule has 0 radical (unpaired) electrons. The molecule has 10 heteroatoms. The number of aromatic nitrogens is 4. The Bertz CT molecular complexity index is 1280. The lowest BCUT2D eigenvalue weighted by atomic mass is 9.94. The minimum absolute atomic E-state index is 0.0861. The Morgan fingerprint density at radius 2 is 1.68 bits per heavy atom. The van der Waals surface area contributed by atoms with Crippen LogP contribution in [0.4, 0.5) is 16.3 Å². The first-order valence-electron chi connectivity index (χ1n) is 13.4. The van der Waals surface area contributed by atoms with Gasteiger partial charge in [0, 0.05) is 43.8 Å². The van der Waals surface area contributed by atoms with Gasteiger partial charge in [0.15, 0.2) is 5.82 Å². The normalized spacial score (nSPS) is 17.9. The van der Waals surface area contributed by atoms with Gasteiger partial charge in [-0.25, -0.2) is 9.78 Å². The van der Waals surface area contributed by atoms with Crippen molar-refractivity contribution in [3.8, 4) is 11.5 Å². The van der Waals surface area contributed by atoms with E-state index in [0.717, 1.165) is 31.6 Å². The summed E-state index contributed by atoms with van der Waals surface area (Å²) in [6.07, 6.45) is 3.46. The topological polar surface area (TPSA) is 99.5 Å². The smallest absolute Gasteiger partial charge is 0.330 e. The third kappa shape index (κ3) is 5.00. The number of pyridine rings is 1. The Balaban J connectivity index is 1.25. The molecule has 1 unspecified atom stereocenters. The molecular weight excluding hydrogens is 480 g/mol. The molecule has 0 bridgehead atoms. The Labute approximate surface area is 223 Å². The molecule has 2 fully saturated rings. The van der Waals surface area contributed by atoms with E-state index in [1.807, 2.05) is 34.9 Å². The van der Waals surface area contributed by atoms with Crippen molar-refractivity contribution in [3.63, 3.8) is 0 Å². The molecule has 2 aliphatic heterocycles. The van der Waals surface area contributed by atoms with Crippen molar-refractivity contribution in [3.05, 3.63) is 54.4 Å². The van der Waals surface area contributed by atoms with Crippen molar-refractivity contribution in [1.82, 2.24) is 30.0 Å². The summed E-state index contributed by atoms with van der Waals surface area (Å²) in [5.41, 5.74) is 2.78. The quantitative estimate of drug-likeness (QED) is 0.512. The third-order valence-electron chi connectivity index (χ3n) is 7.76. The minimum Gasteiger partial charge on any atom is -0.359 e. The van der Waals surface area contributed by atoms with Crippen molar-refractivity contribution < 1.29 is 9.59 Å². The van der Waals surface area contributed by atoms with Crippen LogP contribution in [-0.4, -0.2) is 69.8 Å². The van der Waals surface area contributed by atoms with Gasteiger partial charge in [0.2, 0.25) is 5.91 Å². The highest BCUT2D eigenvalue weighted by atomic mass is 16.2. The number of nitrogens with zero attached hydrogens (tertiary/aromatic N) is 7. The van der Waals surface area contributed by atoms with Crippen molar-refractivity contribution >= 4 is 23.4 Å². The second-order valence-corrected chi connectivity index (χ2v) is 10.3. The lowest BCUT2D eigenvalue weighted by molar-refractivity contribution is -0.126. The summed E-state index contributed by atoms with van der Waals surface area (Å²) in [5, 5.41) is 11.1. The molecule has 1 N–H and O–H groups in total. The Kier molecular flexibility index (Phi) is 7.42. The van der Waals surface area contributed by atoms with E-state index in [-0.39, 0.29) is 29.9 Å². The van der Waals surface area contributed by atoms with Crippen LogP contribution in [0.15, 0.2) is 48.8 Å². The number of piperidine rings is 1. The number of urea groups is 1. The number of amides is 3. The van der Waals surface area contributed by atoms with Gasteiger partial charge in [0.25, 0.3) is 0 Å². The summed E-state index contributed by atoms with van der Waals surface area (Å²) in [5.74, 6) is 1.55. The van der Waals surface area contributed by atoms with Crippen LogP contribution in [0, 0.1) is 5.92 Å². The maximum atomic E-state index is 13.4. The Morgan fingerprint density at radius 3 is 2.37 bits per heavy atom. The van der Waals surface area contributed by atoms with Gasteiger partial charge >= 0.3 is 6.03 Å². The van der Waals surface area contributed by atoms with Gasteiger partial charge in [-0.3, -0.25) is 19.5 Å². The van der Waals surface area contributed by atoms with E-state index in [2.05, 4.69) is 53.3 Å². The van der Waals surface area contributed by atoms with Crippen molar-refractivity contribution in [2.24, 2.45) is 5.92 Å². The first-order valence-corrected chi connectivity index (χ1v) is 13.4. The average molecular weight is 517 g/mol. The third-order valence-corrected chi connectivity index (χ3v) is 7.76. The molecular formula is C28H36N8O2. The van der Waals surface area contributed by atoms with Crippen LogP contribution in [0.1, 0.15) is 51.3 Å². The molecule has 1 aromatic carbocycles. The van der Waals surface area contributed by atoms with E-state index in [9.17, 15) is 9.59 Å². The molecule has 200 valence electrons. The Morgan fingerprint density at radius 1 is 0.974 bits per heavy atom. The summed E-state index contributed by atoms with van der Waals surface area (Å²) in [6, 6.07) is 14.3. The maximum absolute atomic E-state index is 13.4. The van der Waals surface area contributed by atoms with Gasteiger partial charge in [0.05, 0.1) is 0 Å². The number of nitrogens with one attached hydrogen (secondary N) is 1. The molecule has 5 rings (SSSR count). The molecule has 3 amide bonds. The van der Waals surface area contributed by atoms with E-state index >= 15 is 0 Å². The van der Waals surface area contributed by atoms with Gasteiger partial charge in [0.1, 0.15) is 17.8 Å². The van der Waals surface area contributed by atoms with Crippen LogP contribution >= 0.6 is 0 Å². The van der Waals surface area contributed by atoms with Crippen LogP contribution in [0.3, 0.4) is 0 Å². The van der Waals surface area contributed by atoms with Crippen LogP contribution in [0.2, 0.25) is 0 Å². The fourth-order valence-corrected chi connectivity index (χ4v) is 5.39. The van der Waals surface area contributed by atoms with Gasteiger partial charge < -0.3 is 9.88 Å². The van der Waals surface area contributed by atoms with Gasteiger partial charge in [-0.1, -0.05) is 18.2 Å². The summed E-state index contributed by atoms with van der Waals surface area (Å²) < 4.78 is 1.97. The molecule has 2 aliphatic rings. The summed E-state index contributed by atoms with van der Waals surface area (Å²) in [7, 11) is 1.71. The summed E-state index contributed by atoms with van der Waals surface area (Å²) in [6.45, 7) is 9.30. The number of rotatable bonds is 7. The lowest BCUT2D eigenvalue weighted by Gasteiger charge is -2.35. The maximum Gasteiger partial charge on any atom is 0.330 e. The predicted molar refractivity (Wildman–Crippen MR) is 147 cm³/mol. The molecule has 38 heavy (non-hydrogen) atoms. The zero-order valence-electron chi connectivity index (χ0n) is 22.5. The van der Waals surface area contributed by atoms with Crippen molar-refractivity contribution in [2.75, 3.05) is 43.0 Å². The first-order chi connectivity index (χ1) is 18.4. The molecule has 0 aliphatic carbocycles. The summed E-state index contributed by atoms with van der Waals surface area (Å²) in [4.78, 5) is 36.0. The second-order valence-electron chi connectivity index (χ2n) is 10.3. The number of hydrogen-bond acceptors (Lipinski definition) is 6. The highest BCUT2D eigenvalue weighted by molar-refractivity contribution is 6.05. The molecule has 3 aromatic rings. The molecule has 2 saturated heterocycles. The highest BCUT2D eigenvalue weighted by Crippen LogP contribution is 2.30. The highest BCUT2D eigenvalue weighted by Gasteiger charge is 2.32. The van der Waals surface area contributed by atoms with Gasteiger partial charge in [-0.15, -0.1) is 10.2 Å². The van der Waals surface area contributed by atoms with Crippen LogP contribution in [-0.2, 0) is 4.79 Å². The Hall–Kier alpha value is -3.79. The van der Waals surface area contributed by atoms with Crippen LogP contribution in [0.25, 0.3) is 11.5 Å². The number of benzene rings is 1. The number of carbonyl (C=O) groups is 2. The predicted octanol–water partition coefficient (Wildman–Crippen LogP) is 3.89. The SMILES string of the molecule is CNC(=O)C1CCN(C(C)c2ccc(N3CCN(c4cccc(-c5nncn5C(C)C)n4)C3=O)cc2)CC1. The minimum atomic E-state index is -0.0861.